The van der Waals surface area contributed by atoms with Crippen LogP contribution in [0, 0.1) is 5.92 Å². The number of hydrogen-bond donors (Lipinski definition) is 1. The van der Waals surface area contributed by atoms with Crippen LogP contribution < -0.4 is 5.73 Å². The van der Waals surface area contributed by atoms with Gasteiger partial charge in [0.15, 0.2) is 5.82 Å². The fraction of sp³-hybridized carbons (Fsp3) is 0.857. The summed E-state index contributed by atoms with van der Waals surface area (Å²) >= 11 is 0. The first-order valence-electron chi connectivity index (χ1n) is 7.35. The molecule has 1 heterocycles. The summed E-state index contributed by atoms with van der Waals surface area (Å²) in [5.41, 5.74) is 6.00. The molecular weight excluding hydrogens is 226 g/mol. The Bertz CT molecular complexity index is 389. The predicted molar refractivity (Wildman–Crippen MR) is 69.2 cm³/mol. The van der Waals surface area contributed by atoms with Crippen molar-refractivity contribution in [2.75, 3.05) is 6.54 Å². The highest BCUT2D eigenvalue weighted by Crippen LogP contribution is 2.37. The number of rotatable bonds is 4. The molecule has 1 aromatic rings. The summed E-state index contributed by atoms with van der Waals surface area (Å²) in [5, 5.41) is 4.15. The summed E-state index contributed by atoms with van der Waals surface area (Å²) in [7, 11) is 0. The lowest BCUT2D eigenvalue weighted by Gasteiger charge is -2.26. The van der Waals surface area contributed by atoms with Crippen molar-refractivity contribution >= 4 is 0 Å². The molecule has 2 fully saturated rings. The van der Waals surface area contributed by atoms with Crippen molar-refractivity contribution in [3.8, 4) is 0 Å². The Kier molecular flexibility index (Phi) is 3.37. The normalized spacial score (nSPS) is 23.8. The second-order valence-corrected chi connectivity index (χ2v) is 6.06. The standard InChI is InChI=1S/C14H23N3O/c15-10-14(7-3-1-2-4-8-14)13-16-12(17-18-13)9-11-5-6-11/h11H,1-10,15H2. The van der Waals surface area contributed by atoms with Crippen molar-refractivity contribution in [3.63, 3.8) is 0 Å². The Hall–Kier alpha value is -0.900. The van der Waals surface area contributed by atoms with E-state index in [1.54, 1.807) is 0 Å². The maximum Gasteiger partial charge on any atom is 0.234 e. The van der Waals surface area contributed by atoms with Crippen molar-refractivity contribution in [2.24, 2.45) is 11.7 Å². The van der Waals surface area contributed by atoms with Crippen LogP contribution in [-0.4, -0.2) is 16.7 Å². The third kappa shape index (κ3) is 2.44. The summed E-state index contributed by atoms with van der Waals surface area (Å²) < 4.78 is 5.54. The van der Waals surface area contributed by atoms with E-state index in [9.17, 15) is 0 Å². The van der Waals surface area contributed by atoms with Gasteiger partial charge >= 0.3 is 0 Å². The first-order chi connectivity index (χ1) is 8.82. The van der Waals surface area contributed by atoms with Gasteiger partial charge in [0, 0.05) is 13.0 Å². The van der Waals surface area contributed by atoms with Gasteiger partial charge in [-0.1, -0.05) is 30.8 Å². The van der Waals surface area contributed by atoms with Crippen molar-refractivity contribution in [1.29, 1.82) is 0 Å². The van der Waals surface area contributed by atoms with Gasteiger partial charge in [-0.05, 0) is 31.6 Å². The highest BCUT2D eigenvalue weighted by molar-refractivity contribution is 5.08. The van der Waals surface area contributed by atoms with Crippen molar-refractivity contribution in [2.45, 2.75) is 63.2 Å². The van der Waals surface area contributed by atoms with Gasteiger partial charge in [0.2, 0.25) is 5.89 Å². The van der Waals surface area contributed by atoms with E-state index in [1.165, 1.54) is 38.5 Å². The lowest BCUT2D eigenvalue weighted by atomic mass is 9.80. The van der Waals surface area contributed by atoms with Gasteiger partial charge in [0.05, 0.1) is 5.41 Å². The quantitative estimate of drug-likeness (QED) is 0.833. The van der Waals surface area contributed by atoms with E-state index in [0.717, 1.165) is 36.9 Å². The third-order valence-corrected chi connectivity index (χ3v) is 4.54. The molecule has 0 aromatic carbocycles. The predicted octanol–water partition coefficient (Wildman–Crippen LogP) is 2.57. The summed E-state index contributed by atoms with van der Waals surface area (Å²) in [6.45, 7) is 0.637. The molecule has 0 aliphatic heterocycles. The Labute approximate surface area is 108 Å². The molecular formula is C14H23N3O. The average Bonchev–Trinajstić information content (AvgIpc) is 3.13. The highest BCUT2D eigenvalue weighted by Gasteiger charge is 2.37. The maximum atomic E-state index is 6.03. The van der Waals surface area contributed by atoms with Gasteiger partial charge in [0.25, 0.3) is 0 Å². The van der Waals surface area contributed by atoms with Crippen LogP contribution in [0.15, 0.2) is 4.52 Å². The van der Waals surface area contributed by atoms with Gasteiger partial charge in [0.1, 0.15) is 0 Å². The van der Waals surface area contributed by atoms with Crippen LogP contribution in [-0.2, 0) is 11.8 Å². The first-order valence-corrected chi connectivity index (χ1v) is 7.35. The molecule has 0 atom stereocenters. The van der Waals surface area contributed by atoms with E-state index in [2.05, 4.69) is 10.1 Å². The molecule has 0 saturated heterocycles. The molecule has 2 aliphatic carbocycles. The van der Waals surface area contributed by atoms with E-state index >= 15 is 0 Å². The SMILES string of the molecule is NCC1(c2nc(CC3CC3)no2)CCCCCC1. The van der Waals surface area contributed by atoms with Gasteiger partial charge in [-0.15, -0.1) is 0 Å². The van der Waals surface area contributed by atoms with E-state index < -0.39 is 0 Å². The van der Waals surface area contributed by atoms with Gasteiger partial charge in [-0.25, -0.2) is 0 Å². The summed E-state index contributed by atoms with van der Waals surface area (Å²) in [4.78, 5) is 4.64. The average molecular weight is 249 g/mol. The zero-order valence-electron chi connectivity index (χ0n) is 11.0. The fourth-order valence-electron chi connectivity index (χ4n) is 3.04. The van der Waals surface area contributed by atoms with Crippen LogP contribution in [0.2, 0.25) is 0 Å². The molecule has 18 heavy (non-hydrogen) atoms. The molecule has 2 aliphatic rings. The molecule has 0 spiro atoms. The molecule has 3 rings (SSSR count). The Morgan fingerprint density at radius 3 is 2.50 bits per heavy atom. The zero-order valence-corrected chi connectivity index (χ0v) is 11.0. The highest BCUT2D eigenvalue weighted by atomic mass is 16.5. The van der Waals surface area contributed by atoms with Crippen LogP contribution in [0.1, 0.15) is 63.1 Å². The van der Waals surface area contributed by atoms with Crippen LogP contribution in [0.4, 0.5) is 0 Å². The minimum absolute atomic E-state index is 0.0364. The molecule has 0 radical (unpaired) electrons. The van der Waals surface area contributed by atoms with E-state index in [4.69, 9.17) is 10.3 Å². The Balaban J connectivity index is 1.78. The molecule has 0 bridgehead atoms. The summed E-state index contributed by atoms with van der Waals surface area (Å²) in [5.74, 6) is 2.51. The summed E-state index contributed by atoms with van der Waals surface area (Å²) in [6, 6.07) is 0. The fourth-order valence-corrected chi connectivity index (χ4v) is 3.04. The van der Waals surface area contributed by atoms with E-state index in [1.807, 2.05) is 0 Å². The molecule has 4 heteroatoms. The molecule has 2 saturated carbocycles. The zero-order chi connectivity index (χ0) is 12.4. The van der Waals surface area contributed by atoms with E-state index in [0.29, 0.717) is 6.54 Å². The van der Waals surface area contributed by atoms with E-state index in [-0.39, 0.29) is 5.41 Å². The summed E-state index contributed by atoms with van der Waals surface area (Å²) in [6.07, 6.45) is 10.9. The minimum Gasteiger partial charge on any atom is -0.339 e. The van der Waals surface area contributed by atoms with Crippen LogP contribution >= 0.6 is 0 Å². The Morgan fingerprint density at radius 2 is 1.89 bits per heavy atom. The van der Waals surface area contributed by atoms with Gasteiger partial charge < -0.3 is 10.3 Å². The number of aromatic nitrogens is 2. The van der Waals surface area contributed by atoms with Gasteiger partial charge in [-0.3, -0.25) is 0 Å². The minimum atomic E-state index is -0.0364. The molecule has 4 nitrogen and oxygen atoms in total. The van der Waals surface area contributed by atoms with Crippen molar-refractivity contribution in [1.82, 2.24) is 10.1 Å². The second kappa shape index (κ2) is 5.00. The molecule has 1 aromatic heterocycles. The Morgan fingerprint density at radius 1 is 1.17 bits per heavy atom. The smallest absolute Gasteiger partial charge is 0.234 e. The largest absolute Gasteiger partial charge is 0.339 e. The first kappa shape index (κ1) is 12.2. The number of hydrogen-bond acceptors (Lipinski definition) is 4. The van der Waals surface area contributed by atoms with Crippen LogP contribution in [0.25, 0.3) is 0 Å². The second-order valence-electron chi connectivity index (χ2n) is 6.06. The molecule has 0 amide bonds. The third-order valence-electron chi connectivity index (χ3n) is 4.54. The van der Waals surface area contributed by atoms with Crippen LogP contribution in [0.3, 0.4) is 0 Å². The molecule has 0 unspecified atom stereocenters. The monoisotopic (exact) mass is 249 g/mol. The lowest BCUT2D eigenvalue weighted by Crippen LogP contribution is -2.35. The number of nitrogens with zero attached hydrogens (tertiary/aromatic N) is 2. The molecule has 2 N–H and O–H groups in total. The maximum absolute atomic E-state index is 6.03. The van der Waals surface area contributed by atoms with Crippen molar-refractivity contribution < 1.29 is 4.52 Å². The topological polar surface area (TPSA) is 64.9 Å². The van der Waals surface area contributed by atoms with Crippen LogP contribution in [0.5, 0.6) is 0 Å². The van der Waals surface area contributed by atoms with Crippen molar-refractivity contribution in [3.05, 3.63) is 11.7 Å². The lowest BCUT2D eigenvalue weighted by molar-refractivity contribution is 0.256. The van der Waals surface area contributed by atoms with Gasteiger partial charge in [-0.2, -0.15) is 4.98 Å². The molecule has 100 valence electrons. The number of nitrogens with two attached hydrogens (primary N) is 1.